The van der Waals surface area contributed by atoms with E-state index in [0.717, 1.165) is 23.8 Å². The summed E-state index contributed by atoms with van der Waals surface area (Å²) in [5, 5.41) is 9.81. The molecule has 0 aliphatic rings. The van der Waals surface area contributed by atoms with Crippen molar-refractivity contribution >= 4 is 31.6 Å². The molecule has 32 heavy (non-hydrogen) atoms. The van der Waals surface area contributed by atoms with Gasteiger partial charge >= 0.3 is 13.8 Å². The summed E-state index contributed by atoms with van der Waals surface area (Å²) in [6, 6.07) is 9.12. The van der Waals surface area contributed by atoms with Gasteiger partial charge in [-0.25, -0.2) is 0 Å². The summed E-state index contributed by atoms with van der Waals surface area (Å²) < 4.78 is 54.3. The smallest absolute Gasteiger partial charge is 0.416 e. The zero-order valence-electron chi connectivity index (χ0n) is 16.6. The van der Waals surface area contributed by atoms with E-state index in [2.05, 4.69) is 0 Å². The Balaban J connectivity index is 0.00000512. The van der Waals surface area contributed by atoms with Crippen LogP contribution in [-0.2, 0) is 17.2 Å². The summed E-state index contributed by atoms with van der Waals surface area (Å²) in [7, 11) is -4.38. The van der Waals surface area contributed by atoms with Gasteiger partial charge in [-0.15, -0.1) is 12.4 Å². The summed E-state index contributed by atoms with van der Waals surface area (Å²) in [6.45, 7) is -0.489. The number of halogens is 5. The minimum atomic E-state index is -4.42. The van der Waals surface area contributed by atoms with Gasteiger partial charge in [0.15, 0.2) is 0 Å². The van der Waals surface area contributed by atoms with Gasteiger partial charge in [-0.1, -0.05) is 23.7 Å². The number of benzene rings is 2. The molecule has 0 radical (unpaired) electrons. The molecule has 0 saturated heterocycles. The Bertz CT molecular complexity index is 967. The van der Waals surface area contributed by atoms with Gasteiger partial charge in [0, 0.05) is 10.8 Å². The lowest BCUT2D eigenvalue weighted by molar-refractivity contribution is -0.137. The van der Waals surface area contributed by atoms with Crippen molar-refractivity contribution in [3.05, 3.63) is 70.5 Å². The topological polar surface area (TPSA) is 113 Å². The fourth-order valence-corrected chi connectivity index (χ4v) is 3.47. The molecule has 0 heterocycles. The second-order valence-corrected chi connectivity index (χ2v) is 8.91. The van der Waals surface area contributed by atoms with Crippen LogP contribution < -0.4 is 10.5 Å². The molecule has 6 nitrogen and oxygen atoms in total. The van der Waals surface area contributed by atoms with Crippen molar-refractivity contribution in [2.24, 2.45) is 5.73 Å². The van der Waals surface area contributed by atoms with Gasteiger partial charge in [-0.05, 0) is 61.2 Å². The summed E-state index contributed by atoms with van der Waals surface area (Å²) in [4.78, 5) is 17.8. The van der Waals surface area contributed by atoms with Crippen LogP contribution in [0.3, 0.4) is 0 Å². The molecule has 2 rings (SSSR count). The van der Waals surface area contributed by atoms with E-state index in [0.29, 0.717) is 29.4 Å². The van der Waals surface area contributed by atoms with Crippen LogP contribution in [-0.4, -0.2) is 27.0 Å². The van der Waals surface area contributed by atoms with Crippen LogP contribution in [0.25, 0.3) is 0 Å². The number of aryl methyl sites for hydroxylation is 1. The molecule has 2 aromatic rings. The minimum absolute atomic E-state index is 0. The molecular formula is C20H23Cl2F3NO5P. The van der Waals surface area contributed by atoms with Crippen molar-refractivity contribution in [3.63, 3.8) is 0 Å². The zero-order chi connectivity index (χ0) is 23.3. The van der Waals surface area contributed by atoms with E-state index in [4.69, 9.17) is 31.9 Å². The summed E-state index contributed by atoms with van der Waals surface area (Å²) >= 11 is 6.26. The molecule has 1 atom stereocenters. The third-order valence-electron chi connectivity index (χ3n) is 4.43. The van der Waals surface area contributed by atoms with E-state index in [1.165, 1.54) is 18.2 Å². The third-order valence-corrected chi connectivity index (χ3v) is 5.31. The van der Waals surface area contributed by atoms with Crippen molar-refractivity contribution < 1.29 is 37.4 Å². The summed E-state index contributed by atoms with van der Waals surface area (Å²) in [5.74, 6) is 1.25. The molecule has 0 saturated carbocycles. The van der Waals surface area contributed by atoms with Crippen molar-refractivity contribution in [1.82, 2.24) is 0 Å². The fourth-order valence-electron chi connectivity index (χ4n) is 2.71. The Morgan fingerprint density at radius 1 is 1.09 bits per heavy atom. The zero-order valence-corrected chi connectivity index (χ0v) is 19.1. The van der Waals surface area contributed by atoms with Crippen LogP contribution in [0.2, 0.25) is 5.02 Å². The first-order valence-electron chi connectivity index (χ1n) is 9.10. The maximum atomic E-state index is 12.6. The Labute approximate surface area is 194 Å². The summed E-state index contributed by atoms with van der Waals surface area (Å²) in [6.07, 6.45) is -2.12. The first-order chi connectivity index (χ1) is 14.3. The Kier molecular flexibility index (Phi) is 10.2. The third kappa shape index (κ3) is 9.11. The van der Waals surface area contributed by atoms with Crippen molar-refractivity contribution in [2.75, 3.05) is 6.61 Å². The van der Waals surface area contributed by atoms with Gasteiger partial charge in [0.2, 0.25) is 0 Å². The van der Waals surface area contributed by atoms with E-state index in [-0.39, 0.29) is 24.6 Å². The van der Waals surface area contributed by atoms with E-state index >= 15 is 0 Å². The predicted octanol–water partition coefficient (Wildman–Crippen LogP) is 5.28. The molecule has 0 bridgehead atoms. The number of nitrogens with two attached hydrogens (primary N) is 1. The minimum Gasteiger partial charge on any atom is -0.457 e. The molecule has 12 heteroatoms. The molecule has 5 N–H and O–H groups in total. The quantitative estimate of drug-likeness (QED) is 0.338. The lowest BCUT2D eigenvalue weighted by Crippen LogP contribution is -2.41. The van der Waals surface area contributed by atoms with Gasteiger partial charge in [-0.2, -0.15) is 13.2 Å². The van der Waals surface area contributed by atoms with Gasteiger partial charge < -0.3 is 25.4 Å². The van der Waals surface area contributed by atoms with Crippen molar-refractivity contribution in [2.45, 2.75) is 31.0 Å². The van der Waals surface area contributed by atoms with Crippen LogP contribution in [0, 0.1) is 0 Å². The highest BCUT2D eigenvalue weighted by atomic mass is 35.5. The second-order valence-electron chi connectivity index (χ2n) is 7.03. The van der Waals surface area contributed by atoms with E-state index < -0.39 is 31.5 Å². The molecule has 0 aliphatic heterocycles. The molecule has 0 aliphatic carbocycles. The first kappa shape index (κ1) is 28.5. The average Bonchev–Trinajstić information content (AvgIpc) is 2.67. The largest absolute Gasteiger partial charge is 0.457 e. The average molecular weight is 516 g/mol. The lowest BCUT2D eigenvalue weighted by Gasteiger charge is -2.23. The van der Waals surface area contributed by atoms with E-state index in [1.807, 2.05) is 0 Å². The Morgan fingerprint density at radius 3 is 2.19 bits per heavy atom. The van der Waals surface area contributed by atoms with Gasteiger partial charge in [0.1, 0.15) is 11.5 Å². The number of alkyl halides is 3. The monoisotopic (exact) mass is 515 g/mol. The molecule has 0 amide bonds. The van der Waals surface area contributed by atoms with E-state index in [9.17, 15) is 22.8 Å². The highest BCUT2D eigenvalue weighted by Gasteiger charge is 2.30. The molecule has 1 unspecified atom stereocenters. The molecule has 178 valence electrons. The predicted molar refractivity (Wildman–Crippen MR) is 118 cm³/mol. The highest BCUT2D eigenvalue weighted by Crippen LogP contribution is 2.37. The Morgan fingerprint density at radius 2 is 1.69 bits per heavy atom. The molecule has 0 fully saturated rings. The maximum Gasteiger partial charge on any atom is 0.416 e. The van der Waals surface area contributed by atoms with Crippen LogP contribution in [0.1, 0.15) is 24.0 Å². The number of hydrogen-bond donors (Lipinski definition) is 4. The van der Waals surface area contributed by atoms with E-state index in [1.54, 1.807) is 12.1 Å². The number of ether oxygens (including phenoxy) is 1. The number of aliphatic hydroxyl groups is 1. The molecular weight excluding hydrogens is 493 g/mol. The maximum absolute atomic E-state index is 12.6. The van der Waals surface area contributed by atoms with Crippen LogP contribution >= 0.6 is 31.6 Å². The Hall–Kier alpha value is -1.58. The standard InChI is InChI=1S/C20H22ClF3NO5P.ClH/c21-18-12-17(30-16-7-4-15(5-8-16)20(22,23)24)6-3-14(18)2-1-9-19(25,13-26)10-11-31(27,28)29;/h3-8,10-12,26H,1-2,9,13,25H2,(H2,27,28,29);1H. The number of aliphatic hydroxyl groups excluding tert-OH is 1. The lowest BCUT2D eigenvalue weighted by atomic mass is 9.93. The van der Waals surface area contributed by atoms with Crippen LogP contribution in [0.5, 0.6) is 11.5 Å². The summed E-state index contributed by atoms with van der Waals surface area (Å²) in [5.41, 5.74) is 4.65. The number of hydrogen-bond acceptors (Lipinski definition) is 4. The second kappa shape index (κ2) is 11.5. The van der Waals surface area contributed by atoms with Gasteiger partial charge in [0.25, 0.3) is 0 Å². The van der Waals surface area contributed by atoms with Crippen molar-refractivity contribution in [1.29, 1.82) is 0 Å². The first-order valence-corrected chi connectivity index (χ1v) is 11.2. The van der Waals surface area contributed by atoms with Crippen LogP contribution in [0.15, 0.2) is 54.4 Å². The highest BCUT2D eigenvalue weighted by molar-refractivity contribution is 7.55. The SMILES string of the molecule is Cl.NC(C=CP(=O)(O)O)(CO)CCCc1ccc(Oc2ccc(C(F)(F)F)cc2)cc1Cl. The van der Waals surface area contributed by atoms with Crippen molar-refractivity contribution in [3.8, 4) is 11.5 Å². The number of rotatable bonds is 9. The van der Waals surface area contributed by atoms with Crippen LogP contribution in [0.4, 0.5) is 13.2 Å². The molecule has 0 spiro atoms. The molecule has 2 aromatic carbocycles. The normalized spacial score (nSPS) is 14.1. The van der Waals surface area contributed by atoms with Gasteiger partial charge in [0.05, 0.1) is 17.7 Å². The fraction of sp³-hybridized carbons (Fsp3) is 0.300. The van der Waals surface area contributed by atoms with Gasteiger partial charge in [-0.3, -0.25) is 4.57 Å². The molecule has 0 aromatic heterocycles.